The molecule has 0 N–H and O–H groups in total. The number of alkyl halides is 3. The van der Waals surface area contributed by atoms with Crippen LogP contribution in [-0.2, 0) is 0 Å². The van der Waals surface area contributed by atoms with E-state index in [1.165, 1.54) is 6.20 Å². The molecule has 0 aliphatic heterocycles. The van der Waals surface area contributed by atoms with Crippen LogP contribution in [0.25, 0.3) is 0 Å². The highest BCUT2D eigenvalue weighted by atomic mass is 79.9. The third kappa shape index (κ3) is 4.47. The highest BCUT2D eigenvalue weighted by molar-refractivity contribution is 9.10. The second-order valence-corrected chi connectivity index (χ2v) is 5.21. The molecule has 7 heteroatoms. The Labute approximate surface area is 124 Å². The first-order valence-electron chi connectivity index (χ1n) is 6.28. The average Bonchev–Trinajstić information content (AvgIpc) is 2.37. The molecular formula is C13H16BrF3N2O. The summed E-state index contributed by atoms with van der Waals surface area (Å²) in [6.07, 6.45) is -2.12. The molecule has 0 spiro atoms. The molecule has 3 nitrogen and oxygen atoms in total. The van der Waals surface area contributed by atoms with Crippen LogP contribution in [0.2, 0.25) is 0 Å². The van der Waals surface area contributed by atoms with Gasteiger partial charge in [-0.25, -0.2) is 4.98 Å². The number of pyridine rings is 1. The smallest absolute Gasteiger partial charge is 0.325 e. The summed E-state index contributed by atoms with van der Waals surface area (Å²) in [5.41, 5.74) is 0.00338. The van der Waals surface area contributed by atoms with Crippen LogP contribution in [0.5, 0.6) is 0 Å². The van der Waals surface area contributed by atoms with Gasteiger partial charge < -0.3 is 4.90 Å². The number of hydrogen-bond acceptors (Lipinski definition) is 2. The minimum atomic E-state index is -4.43. The Kier molecular flexibility index (Phi) is 5.98. The zero-order valence-electron chi connectivity index (χ0n) is 11.2. The van der Waals surface area contributed by atoms with Crippen molar-refractivity contribution >= 4 is 21.8 Å². The maximum Gasteiger partial charge on any atom is 0.406 e. The average molecular weight is 353 g/mol. The van der Waals surface area contributed by atoms with Crippen molar-refractivity contribution in [1.82, 2.24) is 9.88 Å². The highest BCUT2D eigenvalue weighted by Crippen LogP contribution is 2.24. The predicted octanol–water partition coefficient (Wildman–Crippen LogP) is 4.04. The molecule has 1 rings (SSSR count). The van der Waals surface area contributed by atoms with Crippen molar-refractivity contribution < 1.29 is 18.0 Å². The summed E-state index contributed by atoms with van der Waals surface area (Å²) in [4.78, 5) is 17.1. The number of halogens is 4. The summed E-state index contributed by atoms with van der Waals surface area (Å²) in [5.74, 6) is -0.705. The van der Waals surface area contributed by atoms with Gasteiger partial charge in [-0.15, -0.1) is 0 Å². The Morgan fingerprint density at radius 3 is 2.45 bits per heavy atom. The summed E-state index contributed by atoms with van der Waals surface area (Å²) >= 11 is 3.15. The van der Waals surface area contributed by atoms with E-state index >= 15 is 0 Å². The van der Waals surface area contributed by atoms with Crippen molar-refractivity contribution in [3.8, 4) is 0 Å². The Morgan fingerprint density at radius 2 is 2.00 bits per heavy atom. The van der Waals surface area contributed by atoms with Crippen LogP contribution >= 0.6 is 15.9 Å². The van der Waals surface area contributed by atoms with Crippen LogP contribution in [0.15, 0.2) is 22.8 Å². The fourth-order valence-electron chi connectivity index (χ4n) is 1.97. The normalized spacial score (nSPS) is 11.8. The molecule has 1 amide bonds. The number of carbonyl (C=O) groups excluding carboxylic acids is 1. The van der Waals surface area contributed by atoms with Gasteiger partial charge >= 0.3 is 6.18 Å². The minimum Gasteiger partial charge on any atom is -0.325 e. The Bertz CT molecular complexity index is 461. The summed E-state index contributed by atoms with van der Waals surface area (Å²) in [6.45, 7) is 2.26. The van der Waals surface area contributed by atoms with E-state index in [-0.39, 0.29) is 5.69 Å². The highest BCUT2D eigenvalue weighted by Gasteiger charge is 2.36. The molecule has 0 saturated carbocycles. The van der Waals surface area contributed by atoms with Crippen molar-refractivity contribution in [2.45, 2.75) is 38.9 Å². The maximum atomic E-state index is 12.7. The molecule has 0 aromatic carbocycles. The molecule has 1 aromatic rings. The number of carbonyl (C=O) groups is 1. The van der Waals surface area contributed by atoms with Crippen LogP contribution in [0.3, 0.4) is 0 Å². The monoisotopic (exact) mass is 352 g/mol. The zero-order chi connectivity index (χ0) is 15.3. The predicted molar refractivity (Wildman–Crippen MR) is 73.4 cm³/mol. The molecule has 1 heterocycles. The Hall–Kier alpha value is -1.11. The van der Waals surface area contributed by atoms with Gasteiger partial charge in [0.2, 0.25) is 0 Å². The molecule has 0 aliphatic rings. The standard InChI is InChI=1S/C13H16BrF3N2O/c1-3-9(4-2)19(8-13(15,16)17)12(20)11-10(14)6-5-7-18-11/h5-7,9H,3-4,8H2,1-2H3. The van der Waals surface area contributed by atoms with E-state index in [1.807, 2.05) is 0 Å². The van der Waals surface area contributed by atoms with Gasteiger partial charge in [-0.3, -0.25) is 4.79 Å². The quantitative estimate of drug-likeness (QED) is 0.801. The van der Waals surface area contributed by atoms with E-state index in [0.29, 0.717) is 17.3 Å². The molecule has 0 unspecified atom stereocenters. The number of rotatable bonds is 5. The molecule has 0 bridgehead atoms. The first-order chi connectivity index (χ1) is 9.30. The van der Waals surface area contributed by atoms with Gasteiger partial charge in [0.15, 0.2) is 0 Å². The summed E-state index contributed by atoms with van der Waals surface area (Å²) in [6, 6.07) is 2.73. The lowest BCUT2D eigenvalue weighted by atomic mass is 10.1. The molecule has 0 aliphatic carbocycles. The van der Waals surface area contributed by atoms with Gasteiger partial charge in [-0.1, -0.05) is 13.8 Å². The summed E-state index contributed by atoms with van der Waals surface area (Å²) in [7, 11) is 0. The molecule has 0 saturated heterocycles. The van der Waals surface area contributed by atoms with Gasteiger partial charge in [0.1, 0.15) is 12.2 Å². The van der Waals surface area contributed by atoms with Gasteiger partial charge in [0.05, 0.1) is 0 Å². The third-order valence-corrected chi connectivity index (χ3v) is 3.59. The van der Waals surface area contributed by atoms with Gasteiger partial charge in [-0.2, -0.15) is 13.2 Å². The van der Waals surface area contributed by atoms with E-state index in [9.17, 15) is 18.0 Å². The lowest BCUT2D eigenvalue weighted by molar-refractivity contribution is -0.145. The largest absolute Gasteiger partial charge is 0.406 e. The summed E-state index contributed by atoms with van der Waals surface area (Å²) in [5, 5.41) is 0. The van der Waals surface area contributed by atoms with Crippen LogP contribution in [-0.4, -0.2) is 34.6 Å². The molecule has 0 atom stereocenters. The van der Waals surface area contributed by atoms with Crippen LogP contribution in [0.1, 0.15) is 37.2 Å². The molecule has 1 aromatic heterocycles. The minimum absolute atomic E-state index is 0.00338. The second kappa shape index (κ2) is 7.06. The first kappa shape index (κ1) is 16.9. The molecule has 20 heavy (non-hydrogen) atoms. The van der Waals surface area contributed by atoms with E-state index in [4.69, 9.17) is 0 Å². The lowest BCUT2D eigenvalue weighted by Gasteiger charge is -2.31. The van der Waals surface area contributed by atoms with Crippen molar-refractivity contribution in [3.05, 3.63) is 28.5 Å². The second-order valence-electron chi connectivity index (χ2n) is 4.35. The molecular weight excluding hydrogens is 337 g/mol. The Balaban J connectivity index is 3.10. The van der Waals surface area contributed by atoms with E-state index < -0.39 is 24.7 Å². The molecule has 0 fully saturated rings. The van der Waals surface area contributed by atoms with Crippen LogP contribution in [0.4, 0.5) is 13.2 Å². The fourth-order valence-corrected chi connectivity index (χ4v) is 2.39. The van der Waals surface area contributed by atoms with Gasteiger partial charge in [0.25, 0.3) is 5.91 Å². The van der Waals surface area contributed by atoms with E-state index in [2.05, 4.69) is 20.9 Å². The maximum absolute atomic E-state index is 12.7. The Morgan fingerprint density at radius 1 is 1.40 bits per heavy atom. The number of aromatic nitrogens is 1. The van der Waals surface area contributed by atoms with Crippen molar-refractivity contribution in [1.29, 1.82) is 0 Å². The van der Waals surface area contributed by atoms with Crippen LogP contribution in [0, 0.1) is 0 Å². The van der Waals surface area contributed by atoms with E-state index in [1.54, 1.807) is 26.0 Å². The summed E-state index contributed by atoms with van der Waals surface area (Å²) < 4.78 is 38.5. The van der Waals surface area contributed by atoms with Crippen molar-refractivity contribution in [3.63, 3.8) is 0 Å². The molecule has 112 valence electrons. The van der Waals surface area contributed by atoms with Crippen molar-refractivity contribution in [2.24, 2.45) is 0 Å². The SMILES string of the molecule is CCC(CC)N(CC(F)(F)F)C(=O)c1ncccc1Br. The third-order valence-electron chi connectivity index (χ3n) is 2.95. The topological polar surface area (TPSA) is 33.2 Å². The van der Waals surface area contributed by atoms with Crippen molar-refractivity contribution in [2.75, 3.05) is 6.54 Å². The van der Waals surface area contributed by atoms with E-state index in [0.717, 1.165) is 4.90 Å². The van der Waals surface area contributed by atoms with Crippen LogP contribution < -0.4 is 0 Å². The number of amides is 1. The van der Waals surface area contributed by atoms with Gasteiger partial charge in [0, 0.05) is 16.7 Å². The first-order valence-corrected chi connectivity index (χ1v) is 7.07. The number of nitrogens with zero attached hydrogens (tertiary/aromatic N) is 2. The lowest BCUT2D eigenvalue weighted by Crippen LogP contribution is -2.45. The fraction of sp³-hybridized carbons (Fsp3) is 0.538. The zero-order valence-corrected chi connectivity index (χ0v) is 12.8. The van der Waals surface area contributed by atoms with Gasteiger partial charge in [-0.05, 0) is 40.9 Å². The molecule has 0 radical (unpaired) electrons. The number of hydrogen-bond donors (Lipinski definition) is 0.